The van der Waals surface area contributed by atoms with E-state index in [9.17, 15) is 19.7 Å². The second-order valence-electron chi connectivity index (χ2n) is 5.74. The van der Waals surface area contributed by atoms with E-state index in [2.05, 4.69) is 10.4 Å². The third-order valence-corrected chi connectivity index (χ3v) is 3.94. The fourth-order valence-electron chi connectivity index (χ4n) is 2.58. The van der Waals surface area contributed by atoms with Crippen LogP contribution < -0.4 is 5.32 Å². The zero-order chi connectivity index (χ0) is 19.6. The number of rotatable bonds is 5. The van der Waals surface area contributed by atoms with Gasteiger partial charge in [0.25, 0.3) is 11.6 Å². The van der Waals surface area contributed by atoms with Crippen molar-refractivity contribution in [2.75, 3.05) is 11.9 Å². The van der Waals surface area contributed by atoms with Crippen LogP contribution in [0.1, 0.15) is 33.2 Å². The van der Waals surface area contributed by atoms with Crippen LogP contribution in [0, 0.1) is 17.0 Å². The van der Waals surface area contributed by atoms with Crippen LogP contribution in [0.3, 0.4) is 0 Å². The number of nitro benzene ring substituents is 1. The van der Waals surface area contributed by atoms with E-state index in [1.807, 2.05) is 0 Å². The predicted octanol–water partition coefficient (Wildman–Crippen LogP) is 2.98. The van der Waals surface area contributed by atoms with Gasteiger partial charge in [0, 0.05) is 29.1 Å². The highest BCUT2D eigenvalue weighted by molar-refractivity contribution is 6.05. The molecule has 1 N–H and O–H groups in total. The molecular formula is C18H16N4O5. The Bertz CT molecular complexity index is 1060. The number of hydrogen-bond acceptors (Lipinski definition) is 6. The van der Waals surface area contributed by atoms with Crippen LogP contribution in [0.4, 0.5) is 11.4 Å². The molecule has 9 heteroatoms. The molecule has 0 bridgehead atoms. The quantitative estimate of drug-likeness (QED) is 0.420. The number of aromatic nitrogens is 2. The molecule has 2 heterocycles. The molecule has 3 rings (SSSR count). The van der Waals surface area contributed by atoms with Gasteiger partial charge in [-0.15, -0.1) is 0 Å². The first-order chi connectivity index (χ1) is 12.9. The van der Waals surface area contributed by atoms with Crippen LogP contribution in [-0.4, -0.2) is 33.0 Å². The highest BCUT2D eigenvalue weighted by Crippen LogP contribution is 2.21. The van der Waals surface area contributed by atoms with Gasteiger partial charge in [0.05, 0.1) is 23.2 Å². The molecule has 9 nitrogen and oxygen atoms in total. The van der Waals surface area contributed by atoms with Crippen molar-refractivity contribution in [3.63, 3.8) is 0 Å². The molecular weight excluding hydrogens is 352 g/mol. The summed E-state index contributed by atoms with van der Waals surface area (Å²) in [4.78, 5) is 34.9. The van der Waals surface area contributed by atoms with Gasteiger partial charge in [0.15, 0.2) is 0 Å². The summed E-state index contributed by atoms with van der Waals surface area (Å²) in [5.74, 6) is -1.01. The van der Waals surface area contributed by atoms with Crippen molar-refractivity contribution in [2.45, 2.75) is 13.8 Å². The van der Waals surface area contributed by atoms with Crippen LogP contribution in [0.2, 0.25) is 0 Å². The maximum Gasteiger partial charge on any atom is 0.341 e. The fourth-order valence-corrected chi connectivity index (χ4v) is 2.58. The predicted molar refractivity (Wildman–Crippen MR) is 96.9 cm³/mol. The Morgan fingerprint density at radius 3 is 2.78 bits per heavy atom. The molecule has 0 aliphatic carbocycles. The first kappa shape index (κ1) is 18.1. The summed E-state index contributed by atoms with van der Waals surface area (Å²) in [6.07, 6.45) is 2.98. The standard InChI is InChI=1S/C18H16N4O5/c1-3-27-18(24)14-10-19-21-7-6-13(9-16(14)21)20-17(23)12-5-4-11(2)15(8-12)22(25)26/h4-10H,3H2,1-2H3,(H,20,23). The molecule has 0 spiro atoms. The lowest BCUT2D eigenvalue weighted by atomic mass is 10.1. The number of nitrogens with zero attached hydrogens (tertiary/aromatic N) is 3. The minimum Gasteiger partial charge on any atom is -0.462 e. The molecule has 0 unspecified atom stereocenters. The first-order valence-electron chi connectivity index (χ1n) is 8.11. The zero-order valence-electron chi connectivity index (χ0n) is 14.6. The largest absolute Gasteiger partial charge is 0.462 e. The fraction of sp³-hybridized carbons (Fsp3) is 0.167. The molecule has 0 atom stereocenters. The van der Waals surface area contributed by atoms with Crippen LogP contribution in [0.5, 0.6) is 0 Å². The van der Waals surface area contributed by atoms with Crippen LogP contribution in [-0.2, 0) is 4.74 Å². The Morgan fingerprint density at radius 1 is 1.30 bits per heavy atom. The van der Waals surface area contributed by atoms with E-state index >= 15 is 0 Å². The summed E-state index contributed by atoms with van der Waals surface area (Å²) in [5, 5.41) is 17.8. The number of amides is 1. The number of anilines is 1. The van der Waals surface area contributed by atoms with Gasteiger partial charge in [-0.3, -0.25) is 14.9 Å². The van der Waals surface area contributed by atoms with Crippen molar-refractivity contribution in [3.8, 4) is 0 Å². The molecule has 0 saturated heterocycles. The van der Waals surface area contributed by atoms with Gasteiger partial charge in [-0.05, 0) is 32.0 Å². The summed E-state index contributed by atoms with van der Waals surface area (Å²) < 4.78 is 6.47. The lowest BCUT2D eigenvalue weighted by Crippen LogP contribution is -2.13. The average molecular weight is 368 g/mol. The van der Waals surface area contributed by atoms with Gasteiger partial charge in [-0.1, -0.05) is 6.07 Å². The molecule has 2 aromatic heterocycles. The molecule has 0 fully saturated rings. The monoisotopic (exact) mass is 368 g/mol. The van der Waals surface area contributed by atoms with Gasteiger partial charge in [-0.2, -0.15) is 5.10 Å². The minimum atomic E-state index is -0.532. The molecule has 3 aromatic rings. The molecule has 27 heavy (non-hydrogen) atoms. The Morgan fingerprint density at radius 2 is 2.07 bits per heavy atom. The minimum absolute atomic E-state index is 0.126. The van der Waals surface area contributed by atoms with Gasteiger partial charge in [-0.25, -0.2) is 9.31 Å². The number of aryl methyl sites for hydroxylation is 1. The number of ether oxygens (including phenoxy) is 1. The van der Waals surface area contributed by atoms with E-state index in [0.717, 1.165) is 0 Å². The normalized spacial score (nSPS) is 10.6. The molecule has 0 saturated carbocycles. The van der Waals surface area contributed by atoms with E-state index in [-0.39, 0.29) is 23.4 Å². The topological polar surface area (TPSA) is 116 Å². The number of hydrogen-bond donors (Lipinski definition) is 1. The van der Waals surface area contributed by atoms with Gasteiger partial charge in [0.1, 0.15) is 5.56 Å². The second-order valence-corrected chi connectivity index (χ2v) is 5.74. The Hall–Kier alpha value is -3.75. The Kier molecular flexibility index (Phi) is 4.84. The Balaban J connectivity index is 1.89. The second kappa shape index (κ2) is 7.24. The van der Waals surface area contributed by atoms with Crippen molar-refractivity contribution in [2.24, 2.45) is 0 Å². The number of nitro groups is 1. The number of carbonyl (C=O) groups is 2. The van der Waals surface area contributed by atoms with Crippen molar-refractivity contribution >= 4 is 28.8 Å². The third kappa shape index (κ3) is 3.61. The molecule has 0 radical (unpaired) electrons. The van der Waals surface area contributed by atoms with Gasteiger partial charge < -0.3 is 10.1 Å². The van der Waals surface area contributed by atoms with E-state index < -0.39 is 16.8 Å². The maximum atomic E-state index is 12.4. The number of esters is 1. The number of benzene rings is 1. The highest BCUT2D eigenvalue weighted by atomic mass is 16.6. The van der Waals surface area contributed by atoms with Crippen molar-refractivity contribution in [1.29, 1.82) is 0 Å². The van der Waals surface area contributed by atoms with E-state index in [4.69, 9.17) is 4.74 Å². The number of nitrogens with one attached hydrogen (secondary N) is 1. The summed E-state index contributed by atoms with van der Waals surface area (Å²) in [5.41, 5.74) is 1.67. The van der Waals surface area contributed by atoms with E-state index in [1.165, 1.54) is 28.9 Å². The highest BCUT2D eigenvalue weighted by Gasteiger charge is 2.17. The number of fused-ring (bicyclic) bond motifs is 1. The SMILES string of the molecule is CCOC(=O)c1cnn2ccc(NC(=O)c3ccc(C)c([N+](=O)[O-])c3)cc12. The maximum absolute atomic E-state index is 12.4. The molecule has 0 aliphatic rings. The lowest BCUT2D eigenvalue weighted by molar-refractivity contribution is -0.385. The van der Waals surface area contributed by atoms with Crippen LogP contribution >= 0.6 is 0 Å². The summed E-state index contributed by atoms with van der Waals surface area (Å²) in [6, 6.07) is 7.45. The van der Waals surface area contributed by atoms with E-state index in [1.54, 1.807) is 32.2 Å². The zero-order valence-corrected chi connectivity index (χ0v) is 14.6. The first-order valence-corrected chi connectivity index (χ1v) is 8.11. The van der Waals surface area contributed by atoms with Crippen LogP contribution in [0.15, 0.2) is 42.7 Å². The lowest BCUT2D eigenvalue weighted by Gasteiger charge is -2.07. The summed E-state index contributed by atoms with van der Waals surface area (Å²) in [6.45, 7) is 3.54. The number of pyridine rings is 1. The summed E-state index contributed by atoms with van der Waals surface area (Å²) in [7, 11) is 0. The summed E-state index contributed by atoms with van der Waals surface area (Å²) >= 11 is 0. The van der Waals surface area contributed by atoms with Crippen molar-refractivity contribution < 1.29 is 19.2 Å². The van der Waals surface area contributed by atoms with Crippen LogP contribution in [0.25, 0.3) is 5.52 Å². The van der Waals surface area contributed by atoms with Crippen molar-refractivity contribution in [1.82, 2.24) is 9.61 Å². The molecule has 1 aromatic carbocycles. The van der Waals surface area contributed by atoms with Crippen molar-refractivity contribution in [3.05, 3.63) is 69.5 Å². The number of carbonyl (C=O) groups excluding carboxylic acids is 2. The molecule has 1 amide bonds. The average Bonchev–Trinajstić information content (AvgIpc) is 3.05. The van der Waals surface area contributed by atoms with Gasteiger partial charge in [0.2, 0.25) is 0 Å². The Labute approximate surface area is 153 Å². The molecule has 0 aliphatic heterocycles. The third-order valence-electron chi connectivity index (χ3n) is 3.94. The smallest absolute Gasteiger partial charge is 0.341 e. The van der Waals surface area contributed by atoms with Gasteiger partial charge >= 0.3 is 5.97 Å². The van der Waals surface area contributed by atoms with E-state index in [0.29, 0.717) is 16.8 Å². The molecule has 138 valence electrons.